The van der Waals surface area contributed by atoms with E-state index in [9.17, 15) is 12.8 Å². The van der Waals surface area contributed by atoms with Crippen LogP contribution in [0.3, 0.4) is 0 Å². The summed E-state index contributed by atoms with van der Waals surface area (Å²) in [5.41, 5.74) is 1.18. The average molecular weight is 379 g/mol. The average Bonchev–Trinajstić information content (AvgIpc) is 3.21. The Morgan fingerprint density at radius 3 is 2.62 bits per heavy atom. The molecular weight excluding hydrogens is 357 g/mol. The Morgan fingerprint density at radius 1 is 1.23 bits per heavy atom. The molecule has 4 rings (SSSR count). The smallest absolute Gasteiger partial charge is 0.247 e. The number of fused-ring (bicyclic) bond motifs is 1. The van der Waals surface area contributed by atoms with E-state index in [4.69, 9.17) is 0 Å². The highest BCUT2D eigenvalue weighted by atomic mass is 32.2. The van der Waals surface area contributed by atoms with Gasteiger partial charge in [-0.3, -0.25) is 4.68 Å². The summed E-state index contributed by atoms with van der Waals surface area (Å²) in [5, 5.41) is 4.26. The maximum absolute atomic E-state index is 13.3. The third kappa shape index (κ3) is 2.61. The first-order valence-corrected chi connectivity index (χ1v) is 10.1. The van der Waals surface area contributed by atoms with E-state index in [1.807, 2.05) is 4.90 Å². The fourth-order valence-electron chi connectivity index (χ4n) is 4.21. The fraction of sp³-hybridized carbons (Fsp3) is 0.529. The van der Waals surface area contributed by atoms with Gasteiger partial charge in [-0.15, -0.1) is 0 Å². The molecule has 9 heteroatoms. The van der Waals surface area contributed by atoms with E-state index in [1.54, 1.807) is 35.9 Å². The largest absolute Gasteiger partial charge is 0.355 e. The van der Waals surface area contributed by atoms with Crippen molar-refractivity contribution < 1.29 is 12.8 Å². The Kier molecular flexibility index (Phi) is 4.03. The van der Waals surface area contributed by atoms with Gasteiger partial charge in [0, 0.05) is 32.7 Å². The van der Waals surface area contributed by atoms with Crippen molar-refractivity contribution in [1.29, 1.82) is 0 Å². The molecular formula is C17H22FN5O2S. The van der Waals surface area contributed by atoms with E-state index in [0.717, 1.165) is 13.0 Å². The van der Waals surface area contributed by atoms with Gasteiger partial charge < -0.3 is 4.90 Å². The van der Waals surface area contributed by atoms with Crippen LogP contribution in [-0.4, -0.2) is 53.2 Å². The number of pyridine rings is 1. The summed E-state index contributed by atoms with van der Waals surface area (Å²) in [6.45, 7) is 5.35. The van der Waals surface area contributed by atoms with Gasteiger partial charge in [0.2, 0.25) is 10.0 Å². The predicted molar refractivity (Wildman–Crippen MR) is 94.9 cm³/mol. The fourth-order valence-corrected chi connectivity index (χ4v) is 6.30. The Morgan fingerprint density at radius 2 is 2.00 bits per heavy atom. The highest BCUT2D eigenvalue weighted by molar-refractivity contribution is 7.89. The zero-order valence-corrected chi connectivity index (χ0v) is 15.9. The molecule has 2 saturated heterocycles. The normalized spacial score (nSPS) is 23.6. The molecule has 0 N–H and O–H groups in total. The number of sulfonamides is 1. The molecule has 0 bridgehead atoms. The van der Waals surface area contributed by atoms with Crippen molar-refractivity contribution in [2.45, 2.75) is 31.2 Å². The van der Waals surface area contributed by atoms with Crippen LogP contribution in [0.4, 0.5) is 10.2 Å². The number of aromatic nitrogens is 3. The highest BCUT2D eigenvalue weighted by Crippen LogP contribution is 2.37. The maximum atomic E-state index is 13.3. The number of hydrogen-bond donors (Lipinski definition) is 0. The quantitative estimate of drug-likeness (QED) is 0.808. The van der Waals surface area contributed by atoms with Gasteiger partial charge in [0.05, 0.1) is 17.6 Å². The molecule has 2 aromatic heterocycles. The monoisotopic (exact) mass is 379 g/mol. The lowest BCUT2D eigenvalue weighted by atomic mass is 10.1. The number of hydrogen-bond acceptors (Lipinski definition) is 5. The third-order valence-electron chi connectivity index (χ3n) is 5.54. The molecule has 2 unspecified atom stereocenters. The second kappa shape index (κ2) is 6.02. The van der Waals surface area contributed by atoms with Crippen LogP contribution in [0.1, 0.15) is 17.8 Å². The number of rotatable bonds is 3. The minimum atomic E-state index is -3.60. The molecule has 26 heavy (non-hydrogen) atoms. The van der Waals surface area contributed by atoms with Crippen molar-refractivity contribution in [2.24, 2.45) is 13.0 Å². The molecule has 0 spiro atoms. The first-order valence-electron chi connectivity index (χ1n) is 8.67. The van der Waals surface area contributed by atoms with Gasteiger partial charge in [-0.1, -0.05) is 0 Å². The summed E-state index contributed by atoms with van der Waals surface area (Å²) in [7, 11) is -1.85. The molecule has 2 aromatic rings. The van der Waals surface area contributed by atoms with Gasteiger partial charge in [0.25, 0.3) is 0 Å². The molecule has 2 fully saturated rings. The highest BCUT2D eigenvalue weighted by Gasteiger charge is 2.47. The Bertz CT molecular complexity index is 941. The number of nitrogens with zero attached hydrogens (tertiary/aromatic N) is 5. The van der Waals surface area contributed by atoms with Crippen molar-refractivity contribution >= 4 is 15.8 Å². The molecule has 140 valence electrons. The number of halogens is 1. The summed E-state index contributed by atoms with van der Waals surface area (Å²) in [6.07, 6.45) is 2.01. The van der Waals surface area contributed by atoms with Crippen molar-refractivity contribution in [3.8, 4) is 0 Å². The van der Waals surface area contributed by atoms with Gasteiger partial charge in [-0.05, 0) is 38.3 Å². The maximum Gasteiger partial charge on any atom is 0.247 e. The minimum absolute atomic E-state index is 0.0918. The molecule has 4 heterocycles. The summed E-state index contributed by atoms with van der Waals surface area (Å²) < 4.78 is 43.0. The van der Waals surface area contributed by atoms with Crippen LogP contribution in [0.25, 0.3) is 0 Å². The van der Waals surface area contributed by atoms with E-state index in [-0.39, 0.29) is 17.8 Å². The van der Waals surface area contributed by atoms with Crippen LogP contribution >= 0.6 is 0 Å². The molecule has 0 aromatic carbocycles. The van der Waals surface area contributed by atoms with Crippen LogP contribution in [-0.2, 0) is 17.1 Å². The van der Waals surface area contributed by atoms with Gasteiger partial charge in [-0.25, -0.2) is 17.8 Å². The van der Waals surface area contributed by atoms with E-state index in [2.05, 4.69) is 10.1 Å². The standard InChI is InChI=1S/C17H22FN5O2S/c1-11-17(12(2)21(3)20-11)26(24,25)23-7-6-13-9-22(10-15(13)23)16-5-4-14(18)8-19-16/h4-5,8,13,15H,6-7,9-10H2,1-3H3. The lowest BCUT2D eigenvalue weighted by Gasteiger charge is -2.25. The summed E-state index contributed by atoms with van der Waals surface area (Å²) in [6, 6.07) is 2.93. The second-order valence-electron chi connectivity index (χ2n) is 7.10. The van der Waals surface area contributed by atoms with E-state index < -0.39 is 10.0 Å². The van der Waals surface area contributed by atoms with E-state index in [1.165, 1.54) is 12.3 Å². The second-order valence-corrected chi connectivity index (χ2v) is 8.92. The Balaban J connectivity index is 1.62. The van der Waals surface area contributed by atoms with Crippen molar-refractivity contribution in [1.82, 2.24) is 19.1 Å². The van der Waals surface area contributed by atoms with Crippen molar-refractivity contribution in [3.63, 3.8) is 0 Å². The molecule has 0 amide bonds. The van der Waals surface area contributed by atoms with Crippen LogP contribution in [0.15, 0.2) is 23.2 Å². The zero-order valence-electron chi connectivity index (χ0n) is 15.1. The zero-order chi connectivity index (χ0) is 18.6. The number of anilines is 1. The predicted octanol–water partition coefficient (Wildman–Crippen LogP) is 1.47. The first kappa shape index (κ1) is 17.4. The van der Waals surface area contributed by atoms with Gasteiger partial charge in [0.1, 0.15) is 16.5 Å². The van der Waals surface area contributed by atoms with Gasteiger partial charge in [-0.2, -0.15) is 9.40 Å². The SMILES string of the molecule is Cc1nn(C)c(C)c1S(=O)(=O)N1CCC2CN(c3ccc(F)cn3)CC21. The summed E-state index contributed by atoms with van der Waals surface area (Å²) >= 11 is 0. The lowest BCUT2D eigenvalue weighted by Crippen LogP contribution is -2.40. The van der Waals surface area contributed by atoms with Crippen molar-refractivity contribution in [3.05, 3.63) is 35.5 Å². The van der Waals surface area contributed by atoms with Gasteiger partial charge in [0.15, 0.2) is 0 Å². The molecule has 0 aliphatic carbocycles. The lowest BCUT2D eigenvalue weighted by molar-refractivity contribution is 0.384. The molecule has 0 radical (unpaired) electrons. The Hall–Kier alpha value is -2.00. The molecule has 2 atom stereocenters. The summed E-state index contributed by atoms with van der Waals surface area (Å²) in [5.74, 6) is 0.570. The van der Waals surface area contributed by atoms with Crippen LogP contribution < -0.4 is 4.90 Å². The molecule has 7 nitrogen and oxygen atoms in total. The van der Waals surface area contributed by atoms with Crippen LogP contribution in [0.5, 0.6) is 0 Å². The first-order chi connectivity index (χ1) is 12.3. The molecule has 2 aliphatic rings. The van der Waals surface area contributed by atoms with Crippen LogP contribution in [0, 0.1) is 25.6 Å². The molecule has 2 aliphatic heterocycles. The topological polar surface area (TPSA) is 71.3 Å². The van der Waals surface area contributed by atoms with Crippen molar-refractivity contribution in [2.75, 3.05) is 24.5 Å². The van der Waals surface area contributed by atoms with E-state index >= 15 is 0 Å². The van der Waals surface area contributed by atoms with Crippen LogP contribution in [0.2, 0.25) is 0 Å². The third-order valence-corrected chi connectivity index (χ3v) is 7.72. The van der Waals surface area contributed by atoms with Gasteiger partial charge >= 0.3 is 0 Å². The number of aryl methyl sites for hydroxylation is 2. The molecule has 0 saturated carbocycles. The summed E-state index contributed by atoms with van der Waals surface area (Å²) in [4.78, 5) is 6.49. The van der Waals surface area contributed by atoms with E-state index in [0.29, 0.717) is 35.2 Å². The Labute approximate surface area is 152 Å². The minimum Gasteiger partial charge on any atom is -0.355 e.